The zero-order chi connectivity index (χ0) is 18.7. The van der Waals surface area contributed by atoms with Crippen molar-refractivity contribution < 1.29 is 17.9 Å². The molecule has 1 unspecified atom stereocenters. The molecule has 0 aliphatic carbocycles. The molecule has 1 atom stereocenters. The first-order valence-corrected chi connectivity index (χ1v) is 9.24. The highest BCUT2D eigenvalue weighted by Crippen LogP contribution is 2.35. The van der Waals surface area contributed by atoms with E-state index < -0.39 is 27.4 Å². The Kier molecular flexibility index (Phi) is 5.59. The topological polar surface area (TPSA) is 85.4 Å². The second kappa shape index (κ2) is 7.33. The normalized spacial score (nSPS) is 13.3. The van der Waals surface area contributed by atoms with Crippen LogP contribution in [0, 0.1) is 12.3 Å². The predicted molar refractivity (Wildman–Crippen MR) is 94.3 cm³/mol. The molecular formula is C18H22N2O4S. The van der Waals surface area contributed by atoms with Gasteiger partial charge in [-0.1, -0.05) is 17.7 Å². The summed E-state index contributed by atoms with van der Waals surface area (Å²) in [6.07, 6.45) is 3.10. The van der Waals surface area contributed by atoms with E-state index in [1.807, 2.05) is 6.92 Å². The van der Waals surface area contributed by atoms with Gasteiger partial charge in [-0.05, 0) is 50.6 Å². The number of methoxy groups -OCH3 is 1. The van der Waals surface area contributed by atoms with E-state index >= 15 is 0 Å². The summed E-state index contributed by atoms with van der Waals surface area (Å²) >= 11 is 0. The van der Waals surface area contributed by atoms with E-state index in [2.05, 4.69) is 9.71 Å². The lowest BCUT2D eigenvalue weighted by atomic mass is 9.81. The molecule has 0 radical (unpaired) electrons. The molecule has 0 amide bonds. The van der Waals surface area contributed by atoms with Crippen LogP contribution in [0.4, 0.5) is 0 Å². The second-order valence-corrected chi connectivity index (χ2v) is 8.08. The van der Waals surface area contributed by atoms with Gasteiger partial charge >= 0.3 is 5.97 Å². The van der Waals surface area contributed by atoms with E-state index in [0.29, 0.717) is 5.56 Å². The van der Waals surface area contributed by atoms with Crippen molar-refractivity contribution in [3.05, 3.63) is 59.9 Å². The summed E-state index contributed by atoms with van der Waals surface area (Å²) in [5, 5.41) is 0. The van der Waals surface area contributed by atoms with Gasteiger partial charge in [-0.2, -0.15) is 0 Å². The number of benzene rings is 1. The van der Waals surface area contributed by atoms with Crippen LogP contribution < -0.4 is 4.72 Å². The average molecular weight is 362 g/mol. The van der Waals surface area contributed by atoms with Gasteiger partial charge in [0.2, 0.25) is 10.0 Å². The maximum Gasteiger partial charge on any atom is 0.313 e. The van der Waals surface area contributed by atoms with Crippen molar-refractivity contribution >= 4 is 16.0 Å². The largest absolute Gasteiger partial charge is 0.469 e. The fraction of sp³-hybridized carbons (Fsp3) is 0.333. The van der Waals surface area contributed by atoms with E-state index in [4.69, 9.17) is 4.74 Å². The van der Waals surface area contributed by atoms with Crippen LogP contribution in [-0.4, -0.2) is 26.5 Å². The van der Waals surface area contributed by atoms with E-state index in [-0.39, 0.29) is 4.90 Å². The summed E-state index contributed by atoms with van der Waals surface area (Å²) in [4.78, 5) is 16.3. The van der Waals surface area contributed by atoms with E-state index in [0.717, 1.165) is 5.56 Å². The van der Waals surface area contributed by atoms with Crippen molar-refractivity contribution in [2.24, 2.45) is 5.41 Å². The molecule has 0 bridgehead atoms. The molecule has 1 aromatic heterocycles. The van der Waals surface area contributed by atoms with Crippen molar-refractivity contribution in [3.8, 4) is 0 Å². The number of rotatable bonds is 6. The Bertz CT molecular complexity index is 831. The number of sulfonamides is 1. The van der Waals surface area contributed by atoms with Crippen molar-refractivity contribution in [3.63, 3.8) is 0 Å². The molecule has 2 aromatic rings. The molecule has 1 aromatic carbocycles. The van der Waals surface area contributed by atoms with Gasteiger partial charge in [-0.15, -0.1) is 0 Å². The minimum Gasteiger partial charge on any atom is -0.469 e. The Labute approximate surface area is 148 Å². The predicted octanol–water partition coefficient (Wildman–Crippen LogP) is 2.61. The van der Waals surface area contributed by atoms with E-state index in [9.17, 15) is 13.2 Å². The molecule has 25 heavy (non-hydrogen) atoms. The number of esters is 1. The van der Waals surface area contributed by atoms with Crippen LogP contribution >= 0.6 is 0 Å². The van der Waals surface area contributed by atoms with Gasteiger partial charge in [-0.25, -0.2) is 13.1 Å². The van der Waals surface area contributed by atoms with Crippen molar-refractivity contribution in [2.75, 3.05) is 7.11 Å². The first-order valence-electron chi connectivity index (χ1n) is 7.76. The summed E-state index contributed by atoms with van der Waals surface area (Å²) < 4.78 is 33.1. The molecule has 2 rings (SSSR count). The number of aryl methyl sites for hydroxylation is 1. The third kappa shape index (κ3) is 4.24. The first kappa shape index (κ1) is 19.1. The molecule has 0 fully saturated rings. The molecule has 1 heterocycles. The summed E-state index contributed by atoms with van der Waals surface area (Å²) in [5.74, 6) is -0.513. The van der Waals surface area contributed by atoms with Gasteiger partial charge in [0.25, 0.3) is 0 Å². The fourth-order valence-electron chi connectivity index (χ4n) is 2.51. The number of carbonyl (C=O) groups excluding carboxylic acids is 1. The Morgan fingerprint density at radius 3 is 2.20 bits per heavy atom. The summed E-state index contributed by atoms with van der Waals surface area (Å²) in [6.45, 7) is 5.16. The zero-order valence-electron chi connectivity index (χ0n) is 14.7. The third-order valence-corrected chi connectivity index (χ3v) is 5.52. The quantitative estimate of drug-likeness (QED) is 0.799. The smallest absolute Gasteiger partial charge is 0.313 e. The SMILES string of the molecule is COC(=O)C(C)(C)C(NS(=O)(=O)c1ccc(C)cc1)c1ccncc1. The number of ether oxygens (including phenoxy) is 1. The number of nitrogens with zero attached hydrogens (tertiary/aromatic N) is 1. The molecular weight excluding hydrogens is 340 g/mol. The maximum atomic E-state index is 12.8. The van der Waals surface area contributed by atoms with E-state index in [1.54, 1.807) is 50.5 Å². The highest BCUT2D eigenvalue weighted by molar-refractivity contribution is 7.89. The molecule has 0 spiro atoms. The Hall–Kier alpha value is -2.25. The van der Waals surface area contributed by atoms with Gasteiger partial charge in [0.1, 0.15) is 0 Å². The third-order valence-electron chi connectivity index (χ3n) is 4.08. The maximum absolute atomic E-state index is 12.8. The number of hydrogen-bond donors (Lipinski definition) is 1. The molecule has 134 valence electrons. The molecule has 0 aliphatic heterocycles. The second-order valence-electron chi connectivity index (χ2n) is 6.36. The summed E-state index contributed by atoms with van der Waals surface area (Å²) in [5.41, 5.74) is 0.467. The van der Waals surface area contributed by atoms with Crippen LogP contribution in [0.5, 0.6) is 0 Å². The molecule has 0 saturated heterocycles. The number of carbonyl (C=O) groups is 1. The van der Waals surface area contributed by atoms with Crippen LogP contribution in [-0.2, 0) is 19.6 Å². The number of nitrogens with one attached hydrogen (secondary N) is 1. The standard InChI is InChI=1S/C18H22N2O4S/c1-13-5-7-15(8-6-13)25(22,23)20-16(14-9-11-19-12-10-14)18(2,3)17(21)24-4/h5-12,16,20H,1-4H3. The average Bonchev–Trinajstić information content (AvgIpc) is 2.60. The van der Waals surface area contributed by atoms with Gasteiger partial charge in [0, 0.05) is 12.4 Å². The Balaban J connectivity index is 2.46. The van der Waals surface area contributed by atoms with Gasteiger partial charge in [0.05, 0.1) is 23.5 Å². The summed E-state index contributed by atoms with van der Waals surface area (Å²) in [7, 11) is -2.55. The minimum absolute atomic E-state index is 0.137. The van der Waals surface area contributed by atoms with Gasteiger partial charge < -0.3 is 4.74 Å². The number of pyridine rings is 1. The van der Waals surface area contributed by atoms with Crippen molar-refractivity contribution in [1.82, 2.24) is 9.71 Å². The monoisotopic (exact) mass is 362 g/mol. The van der Waals surface area contributed by atoms with Crippen molar-refractivity contribution in [2.45, 2.75) is 31.7 Å². The van der Waals surface area contributed by atoms with Crippen LogP contribution in [0.2, 0.25) is 0 Å². The number of aromatic nitrogens is 1. The zero-order valence-corrected chi connectivity index (χ0v) is 15.5. The molecule has 6 nitrogen and oxygen atoms in total. The number of hydrogen-bond acceptors (Lipinski definition) is 5. The van der Waals surface area contributed by atoms with Gasteiger partial charge in [-0.3, -0.25) is 9.78 Å². The van der Waals surface area contributed by atoms with Crippen LogP contribution in [0.3, 0.4) is 0 Å². The van der Waals surface area contributed by atoms with Crippen LogP contribution in [0.25, 0.3) is 0 Å². The lowest BCUT2D eigenvalue weighted by molar-refractivity contribution is -0.152. The van der Waals surface area contributed by atoms with E-state index in [1.165, 1.54) is 19.2 Å². The Morgan fingerprint density at radius 1 is 1.12 bits per heavy atom. The Morgan fingerprint density at radius 2 is 1.68 bits per heavy atom. The van der Waals surface area contributed by atoms with Gasteiger partial charge in [0.15, 0.2) is 0 Å². The highest BCUT2D eigenvalue weighted by Gasteiger charge is 2.41. The van der Waals surface area contributed by atoms with Crippen molar-refractivity contribution in [1.29, 1.82) is 0 Å². The van der Waals surface area contributed by atoms with Crippen LogP contribution in [0.1, 0.15) is 31.0 Å². The highest BCUT2D eigenvalue weighted by atomic mass is 32.2. The summed E-state index contributed by atoms with van der Waals surface area (Å²) in [6, 6.07) is 9.05. The lowest BCUT2D eigenvalue weighted by Gasteiger charge is -2.32. The molecule has 0 aliphatic rings. The first-order chi connectivity index (χ1) is 11.7. The molecule has 7 heteroatoms. The minimum atomic E-state index is -3.83. The fourth-order valence-corrected chi connectivity index (χ4v) is 3.88. The lowest BCUT2D eigenvalue weighted by Crippen LogP contribution is -2.43. The molecule has 1 N–H and O–H groups in total. The molecule has 0 saturated carbocycles. The van der Waals surface area contributed by atoms with Crippen LogP contribution in [0.15, 0.2) is 53.7 Å².